The van der Waals surface area contributed by atoms with Crippen LogP contribution >= 0.6 is 15.9 Å². The number of nitrogens with one attached hydrogen (secondary N) is 2. The average Bonchev–Trinajstić information content (AvgIpc) is 2.09. The molecule has 0 unspecified atom stereocenters. The van der Waals surface area contributed by atoms with Gasteiger partial charge in [-0.25, -0.2) is 4.79 Å². The number of rotatable bonds is 1. The van der Waals surface area contributed by atoms with Crippen molar-refractivity contribution in [2.24, 2.45) is 5.11 Å². The zero-order valence-electron chi connectivity index (χ0n) is 6.49. The Bertz CT molecular complexity index is 355. The van der Waals surface area contributed by atoms with Crippen molar-refractivity contribution in [3.8, 4) is 0 Å². The Hall–Kier alpha value is -1.52. The first-order valence-electron chi connectivity index (χ1n) is 3.36. The highest BCUT2D eigenvalue weighted by Gasteiger charge is 2.03. The molecule has 0 saturated heterocycles. The maximum absolute atomic E-state index is 10.8. The molecule has 2 N–H and O–H groups in total. The summed E-state index contributed by atoms with van der Waals surface area (Å²) in [5, 5.41) is 5.40. The molecule has 5 nitrogen and oxygen atoms in total. The number of anilines is 1. The molecule has 0 radical (unpaired) electrons. The molecule has 0 aliphatic carbocycles. The van der Waals surface area contributed by atoms with Crippen LogP contribution in [0.15, 0.2) is 33.9 Å². The summed E-state index contributed by atoms with van der Waals surface area (Å²) in [7, 11) is 0. The smallest absolute Gasteiger partial charge is 0.300 e. The van der Waals surface area contributed by atoms with Crippen molar-refractivity contribution in [3.63, 3.8) is 0 Å². The molecule has 6 heteroatoms. The zero-order valence-corrected chi connectivity index (χ0v) is 8.08. The number of carbonyl (C=O) groups excluding carboxylic acids is 1. The van der Waals surface area contributed by atoms with Crippen LogP contribution in [0.5, 0.6) is 0 Å². The van der Waals surface area contributed by atoms with Gasteiger partial charge in [-0.05, 0) is 24.3 Å². The van der Waals surface area contributed by atoms with Gasteiger partial charge in [-0.2, -0.15) is 0 Å². The normalized spacial score (nSPS) is 8.69. The summed E-state index contributed by atoms with van der Waals surface area (Å²) in [6, 6.07) is 6.33. The maximum atomic E-state index is 10.8. The summed E-state index contributed by atoms with van der Waals surface area (Å²) in [6.07, 6.45) is 0. The number of benzene rings is 1. The minimum Gasteiger partial charge on any atom is -0.300 e. The van der Waals surface area contributed by atoms with Gasteiger partial charge in [0, 0.05) is 10.2 Å². The van der Waals surface area contributed by atoms with Gasteiger partial charge in [-0.1, -0.05) is 15.9 Å². The molecular formula is C7H6BrN4O+. The van der Waals surface area contributed by atoms with Gasteiger partial charge in [-0.3, -0.25) is 0 Å². The van der Waals surface area contributed by atoms with E-state index in [4.69, 9.17) is 5.53 Å². The van der Waals surface area contributed by atoms with Crippen molar-refractivity contribution in [1.29, 1.82) is 5.53 Å². The van der Waals surface area contributed by atoms with Gasteiger partial charge in [0.2, 0.25) is 10.0 Å². The molecular weight excluding hydrogens is 236 g/mol. The molecule has 66 valence electrons. The van der Waals surface area contributed by atoms with Crippen molar-refractivity contribution in [3.05, 3.63) is 28.7 Å². The number of hydrogen-bond donors (Lipinski definition) is 2. The molecule has 2 amide bonds. The molecule has 1 aromatic carbocycles. The van der Waals surface area contributed by atoms with Crippen LogP contribution in [0, 0.1) is 5.53 Å². The van der Waals surface area contributed by atoms with Gasteiger partial charge in [0.1, 0.15) is 5.53 Å². The van der Waals surface area contributed by atoms with E-state index in [9.17, 15) is 4.79 Å². The Labute approximate surface area is 82.5 Å². The SMILES string of the molecule is N=[N+]=NC(=O)Nc1ccc(Br)cc1. The van der Waals surface area contributed by atoms with Crippen LogP contribution in [0.25, 0.3) is 0 Å². The summed E-state index contributed by atoms with van der Waals surface area (Å²) in [6.45, 7) is 0. The molecule has 0 heterocycles. The number of urea groups is 1. The fraction of sp³-hybridized carbons (Fsp3) is 0. The molecule has 13 heavy (non-hydrogen) atoms. The summed E-state index contributed by atoms with van der Waals surface area (Å²) in [5.41, 5.74) is 6.93. The molecule has 0 aliphatic heterocycles. The summed E-state index contributed by atoms with van der Waals surface area (Å²) in [4.78, 5) is 13.4. The lowest BCUT2D eigenvalue weighted by Crippen LogP contribution is -2.05. The lowest BCUT2D eigenvalue weighted by atomic mass is 10.3. The quantitative estimate of drug-likeness (QED) is 0.575. The number of hydrogen-bond acceptors (Lipinski definition) is 2. The number of amides is 2. The standard InChI is InChI=1S/C7H5BrN4O/c8-5-1-3-6(4-2-5)10-7(13)11-12-9/h1-4,9H/p+1. The highest BCUT2D eigenvalue weighted by molar-refractivity contribution is 9.10. The van der Waals surface area contributed by atoms with Gasteiger partial charge >= 0.3 is 6.03 Å². The van der Waals surface area contributed by atoms with Crippen molar-refractivity contribution in [1.82, 2.24) is 4.91 Å². The van der Waals surface area contributed by atoms with Crippen molar-refractivity contribution < 1.29 is 4.79 Å². The van der Waals surface area contributed by atoms with Gasteiger partial charge in [0.15, 0.2) is 0 Å². The van der Waals surface area contributed by atoms with E-state index in [0.717, 1.165) is 4.47 Å². The summed E-state index contributed by atoms with van der Waals surface area (Å²) < 4.78 is 0.924. The van der Waals surface area contributed by atoms with Crippen LogP contribution in [-0.2, 0) is 0 Å². The Morgan fingerprint density at radius 2 is 2.08 bits per heavy atom. The molecule has 0 aliphatic rings. The predicted molar refractivity (Wildman–Crippen MR) is 50.4 cm³/mol. The highest BCUT2D eigenvalue weighted by Crippen LogP contribution is 2.13. The number of carbonyl (C=O) groups is 1. The van der Waals surface area contributed by atoms with Gasteiger partial charge in [0.05, 0.1) is 0 Å². The van der Waals surface area contributed by atoms with Gasteiger partial charge in [-0.15, -0.1) is 0 Å². The third-order valence-electron chi connectivity index (χ3n) is 1.24. The highest BCUT2D eigenvalue weighted by atomic mass is 79.9. The van der Waals surface area contributed by atoms with Gasteiger partial charge in [0.25, 0.3) is 0 Å². The lowest BCUT2D eigenvalue weighted by Gasteiger charge is -1.97. The van der Waals surface area contributed by atoms with E-state index in [1.165, 1.54) is 0 Å². The van der Waals surface area contributed by atoms with E-state index >= 15 is 0 Å². The first kappa shape index (κ1) is 9.57. The summed E-state index contributed by atoms with van der Waals surface area (Å²) in [5.74, 6) is 0. The number of halogens is 1. The second-order valence-corrected chi connectivity index (χ2v) is 3.05. The molecule has 0 aromatic heterocycles. The van der Waals surface area contributed by atoms with Crippen LogP contribution in [0.1, 0.15) is 0 Å². The fourth-order valence-electron chi connectivity index (χ4n) is 0.727. The van der Waals surface area contributed by atoms with Crippen LogP contribution < -0.4 is 10.2 Å². The lowest BCUT2D eigenvalue weighted by molar-refractivity contribution is 0.258. The van der Waals surface area contributed by atoms with E-state index in [-0.39, 0.29) is 0 Å². The van der Waals surface area contributed by atoms with Crippen LogP contribution in [0.4, 0.5) is 10.5 Å². The molecule has 1 rings (SSSR count). The molecule has 1 aromatic rings. The first-order chi connectivity index (χ1) is 6.22. The largest absolute Gasteiger partial charge is 0.427 e. The third kappa shape index (κ3) is 3.14. The monoisotopic (exact) mass is 241 g/mol. The van der Waals surface area contributed by atoms with E-state index in [1.807, 2.05) is 0 Å². The maximum Gasteiger partial charge on any atom is 0.427 e. The van der Waals surface area contributed by atoms with Crippen LogP contribution in [0.3, 0.4) is 0 Å². The molecule has 0 saturated carbocycles. The van der Waals surface area contributed by atoms with Gasteiger partial charge < -0.3 is 5.32 Å². The van der Waals surface area contributed by atoms with E-state index < -0.39 is 6.03 Å². The molecule has 0 fully saturated rings. The first-order valence-corrected chi connectivity index (χ1v) is 4.15. The van der Waals surface area contributed by atoms with Crippen molar-refractivity contribution in [2.45, 2.75) is 0 Å². The number of nitrogens with zero attached hydrogens (tertiary/aromatic N) is 2. The van der Waals surface area contributed by atoms with Crippen molar-refractivity contribution in [2.75, 3.05) is 5.32 Å². The Kier molecular flexibility index (Phi) is 3.31. The Balaban J connectivity index is 2.69. The topological polar surface area (TPSA) is 79.4 Å². The van der Waals surface area contributed by atoms with E-state index in [2.05, 4.69) is 31.3 Å². The Morgan fingerprint density at radius 3 is 2.62 bits per heavy atom. The van der Waals surface area contributed by atoms with Crippen molar-refractivity contribution >= 4 is 27.6 Å². The zero-order chi connectivity index (χ0) is 9.68. The molecule has 0 spiro atoms. The molecule has 0 atom stereocenters. The second kappa shape index (κ2) is 4.49. The van der Waals surface area contributed by atoms with Crippen LogP contribution in [-0.4, -0.2) is 6.03 Å². The second-order valence-electron chi connectivity index (χ2n) is 2.14. The fourth-order valence-corrected chi connectivity index (χ4v) is 0.991. The van der Waals surface area contributed by atoms with E-state index in [0.29, 0.717) is 5.69 Å². The minimum atomic E-state index is -0.655. The third-order valence-corrected chi connectivity index (χ3v) is 1.76. The summed E-state index contributed by atoms with van der Waals surface area (Å²) >= 11 is 3.26. The van der Waals surface area contributed by atoms with E-state index in [1.54, 1.807) is 24.3 Å². The average molecular weight is 242 g/mol. The predicted octanol–water partition coefficient (Wildman–Crippen LogP) is 2.53. The van der Waals surface area contributed by atoms with Crippen LogP contribution in [0.2, 0.25) is 0 Å². The minimum absolute atomic E-state index is 0.612. The molecule has 0 bridgehead atoms. The Morgan fingerprint density at radius 1 is 1.46 bits per heavy atom.